The minimum absolute atomic E-state index is 0.108. The molecule has 2 unspecified atom stereocenters. The molecule has 2 bridgehead atoms. The number of esters is 1. The Balaban J connectivity index is 1.33. The summed E-state index contributed by atoms with van der Waals surface area (Å²) in [5.74, 6) is -0.650. The van der Waals surface area contributed by atoms with Crippen molar-refractivity contribution in [3.05, 3.63) is 59.7 Å². The number of amides is 2. The number of ether oxygens (including phenoxy) is 4. The van der Waals surface area contributed by atoms with E-state index in [4.69, 9.17) is 18.9 Å². The van der Waals surface area contributed by atoms with E-state index in [-0.39, 0.29) is 45.2 Å². The Labute approximate surface area is 228 Å². The van der Waals surface area contributed by atoms with Crippen LogP contribution in [0.2, 0.25) is 0 Å². The lowest BCUT2D eigenvalue weighted by atomic mass is 9.78. The van der Waals surface area contributed by atoms with Gasteiger partial charge in [0.25, 0.3) is 0 Å². The molecular weight excluding hydrogens is 500 g/mol. The van der Waals surface area contributed by atoms with Crippen molar-refractivity contribution in [1.29, 1.82) is 0 Å². The fourth-order valence-corrected chi connectivity index (χ4v) is 6.03. The highest BCUT2D eigenvalue weighted by molar-refractivity contribution is 5.87. The molecule has 208 valence electrons. The number of rotatable bonds is 5. The molecule has 2 aromatic rings. The SMILES string of the molecule is CCOC(=O)C1(NC(=O)OCC2c3ccccc3-c3ccccc32)CC2COCC(C1)N2C(=O)OC(C)(C)C. The second-order valence-corrected chi connectivity index (χ2v) is 11.4. The number of alkyl carbamates (subject to hydrolysis) is 1. The number of morpholine rings is 1. The number of carbonyl (C=O) groups is 3. The van der Waals surface area contributed by atoms with Crippen LogP contribution in [0.4, 0.5) is 9.59 Å². The molecular formula is C30H36N2O7. The van der Waals surface area contributed by atoms with Gasteiger partial charge < -0.3 is 24.3 Å². The van der Waals surface area contributed by atoms with Crippen molar-refractivity contribution in [2.45, 2.75) is 69.7 Å². The minimum atomic E-state index is -1.35. The molecule has 0 aromatic heterocycles. The molecule has 0 spiro atoms. The van der Waals surface area contributed by atoms with E-state index in [1.807, 2.05) is 45.0 Å². The third-order valence-corrected chi connectivity index (χ3v) is 7.53. The monoisotopic (exact) mass is 536 g/mol. The van der Waals surface area contributed by atoms with E-state index in [2.05, 4.69) is 29.6 Å². The smallest absolute Gasteiger partial charge is 0.410 e. The fraction of sp³-hybridized carbons (Fsp3) is 0.500. The summed E-state index contributed by atoms with van der Waals surface area (Å²) in [6.45, 7) is 7.88. The van der Waals surface area contributed by atoms with E-state index in [1.54, 1.807) is 11.8 Å². The molecule has 9 heteroatoms. The molecule has 2 saturated heterocycles. The summed E-state index contributed by atoms with van der Waals surface area (Å²) in [6.07, 6.45) is -0.897. The van der Waals surface area contributed by atoms with E-state index in [0.29, 0.717) is 0 Å². The van der Waals surface area contributed by atoms with Crippen LogP contribution in [0, 0.1) is 0 Å². The number of carbonyl (C=O) groups excluding carboxylic acids is 3. The lowest BCUT2D eigenvalue weighted by molar-refractivity contribution is -0.161. The Kier molecular flexibility index (Phi) is 7.29. The molecule has 1 aliphatic carbocycles. The third-order valence-electron chi connectivity index (χ3n) is 7.53. The number of fused-ring (bicyclic) bond motifs is 5. The summed E-state index contributed by atoms with van der Waals surface area (Å²) in [5, 5.41) is 2.86. The van der Waals surface area contributed by atoms with Crippen LogP contribution in [0.25, 0.3) is 11.1 Å². The van der Waals surface area contributed by atoms with Gasteiger partial charge in [-0.1, -0.05) is 48.5 Å². The van der Waals surface area contributed by atoms with Gasteiger partial charge in [-0.2, -0.15) is 0 Å². The number of hydrogen-bond acceptors (Lipinski definition) is 7. The number of nitrogens with one attached hydrogen (secondary N) is 1. The quantitative estimate of drug-likeness (QED) is 0.439. The Bertz CT molecular complexity index is 1190. The van der Waals surface area contributed by atoms with E-state index in [9.17, 15) is 14.4 Å². The summed E-state index contributed by atoms with van der Waals surface area (Å²) in [5.41, 5.74) is 2.45. The van der Waals surface area contributed by atoms with Crippen LogP contribution >= 0.6 is 0 Å². The molecule has 3 aliphatic rings. The largest absolute Gasteiger partial charge is 0.464 e. The van der Waals surface area contributed by atoms with Gasteiger partial charge in [-0.3, -0.25) is 4.90 Å². The van der Waals surface area contributed by atoms with Crippen LogP contribution < -0.4 is 5.32 Å². The van der Waals surface area contributed by atoms with Gasteiger partial charge in [-0.15, -0.1) is 0 Å². The van der Waals surface area contributed by atoms with Crippen molar-refractivity contribution < 1.29 is 33.3 Å². The third kappa shape index (κ3) is 5.32. The standard InChI is InChI=1S/C30H36N2O7/c1-5-37-26(33)30(14-19-16-36-17-20(15-30)32(19)28(35)39-29(2,3)4)31-27(34)38-18-25-23-12-8-6-10-21(23)22-11-7-9-13-24(22)25/h6-13,19-20,25H,5,14-18H2,1-4H3,(H,31,34). The highest BCUT2D eigenvalue weighted by Crippen LogP contribution is 2.44. The normalized spacial score (nSPS) is 23.8. The lowest BCUT2D eigenvalue weighted by Crippen LogP contribution is -2.70. The summed E-state index contributed by atoms with van der Waals surface area (Å²) in [7, 11) is 0. The zero-order valence-electron chi connectivity index (χ0n) is 22.9. The summed E-state index contributed by atoms with van der Waals surface area (Å²) in [6, 6.07) is 15.3. The van der Waals surface area contributed by atoms with Gasteiger partial charge in [0.2, 0.25) is 0 Å². The Morgan fingerprint density at radius 3 is 2.05 bits per heavy atom. The van der Waals surface area contributed by atoms with Gasteiger partial charge in [0.1, 0.15) is 17.7 Å². The Morgan fingerprint density at radius 2 is 1.51 bits per heavy atom. The second kappa shape index (κ2) is 10.5. The first kappa shape index (κ1) is 27.0. The molecule has 0 radical (unpaired) electrons. The maximum Gasteiger partial charge on any atom is 0.410 e. The summed E-state index contributed by atoms with van der Waals surface area (Å²) < 4.78 is 22.5. The van der Waals surface area contributed by atoms with E-state index in [0.717, 1.165) is 22.3 Å². The predicted molar refractivity (Wildman–Crippen MR) is 143 cm³/mol. The molecule has 0 saturated carbocycles. The average Bonchev–Trinajstić information content (AvgIpc) is 3.20. The van der Waals surface area contributed by atoms with Gasteiger partial charge >= 0.3 is 18.2 Å². The molecule has 2 aromatic carbocycles. The van der Waals surface area contributed by atoms with Crippen molar-refractivity contribution in [2.24, 2.45) is 0 Å². The van der Waals surface area contributed by atoms with Crippen LogP contribution in [0.5, 0.6) is 0 Å². The van der Waals surface area contributed by atoms with Gasteiger partial charge in [-0.25, -0.2) is 14.4 Å². The summed E-state index contributed by atoms with van der Waals surface area (Å²) >= 11 is 0. The zero-order chi connectivity index (χ0) is 27.8. The number of hydrogen-bond donors (Lipinski definition) is 1. The fourth-order valence-electron chi connectivity index (χ4n) is 6.03. The number of benzene rings is 2. The number of piperidine rings is 1. The molecule has 9 nitrogen and oxygen atoms in total. The van der Waals surface area contributed by atoms with Gasteiger partial charge in [-0.05, 0) is 49.9 Å². The molecule has 2 atom stereocenters. The maximum absolute atomic E-state index is 13.3. The van der Waals surface area contributed by atoms with Gasteiger partial charge in [0.15, 0.2) is 0 Å². The first-order chi connectivity index (χ1) is 18.6. The minimum Gasteiger partial charge on any atom is -0.464 e. The van der Waals surface area contributed by atoms with Crippen molar-refractivity contribution >= 4 is 18.2 Å². The molecule has 5 rings (SSSR count). The molecule has 1 N–H and O–H groups in total. The van der Waals surface area contributed by atoms with E-state index in [1.165, 1.54) is 0 Å². The maximum atomic E-state index is 13.3. The van der Waals surface area contributed by atoms with Crippen LogP contribution in [0.3, 0.4) is 0 Å². The highest BCUT2D eigenvalue weighted by atomic mass is 16.6. The average molecular weight is 537 g/mol. The summed E-state index contributed by atoms with van der Waals surface area (Å²) in [4.78, 5) is 41.2. The van der Waals surface area contributed by atoms with E-state index >= 15 is 0 Å². The predicted octanol–water partition coefficient (Wildman–Crippen LogP) is 4.63. The van der Waals surface area contributed by atoms with Crippen molar-refractivity contribution in [2.75, 3.05) is 26.4 Å². The first-order valence-corrected chi connectivity index (χ1v) is 13.5. The molecule has 2 amide bonds. The number of nitrogens with zero attached hydrogens (tertiary/aromatic N) is 1. The highest BCUT2D eigenvalue weighted by Gasteiger charge is 2.55. The van der Waals surface area contributed by atoms with Crippen molar-refractivity contribution in [3.63, 3.8) is 0 Å². The first-order valence-electron chi connectivity index (χ1n) is 13.5. The van der Waals surface area contributed by atoms with Gasteiger partial charge in [0, 0.05) is 18.8 Å². The molecule has 2 heterocycles. The van der Waals surface area contributed by atoms with E-state index < -0.39 is 41.4 Å². The Hall–Kier alpha value is -3.59. The Morgan fingerprint density at radius 1 is 0.949 bits per heavy atom. The topological polar surface area (TPSA) is 103 Å². The van der Waals surface area contributed by atoms with Crippen LogP contribution in [0.15, 0.2) is 48.5 Å². The molecule has 2 fully saturated rings. The van der Waals surface area contributed by atoms with Crippen LogP contribution in [-0.4, -0.2) is 72.7 Å². The molecule has 2 aliphatic heterocycles. The lowest BCUT2D eigenvalue weighted by Gasteiger charge is -2.51. The molecule has 39 heavy (non-hydrogen) atoms. The second-order valence-electron chi connectivity index (χ2n) is 11.4. The van der Waals surface area contributed by atoms with Crippen molar-refractivity contribution in [3.8, 4) is 11.1 Å². The van der Waals surface area contributed by atoms with Crippen molar-refractivity contribution in [1.82, 2.24) is 10.2 Å². The van der Waals surface area contributed by atoms with Gasteiger partial charge in [0.05, 0.1) is 31.9 Å². The van der Waals surface area contributed by atoms with Crippen LogP contribution in [0.1, 0.15) is 57.6 Å². The zero-order valence-corrected chi connectivity index (χ0v) is 22.9. The van der Waals surface area contributed by atoms with Crippen LogP contribution in [-0.2, 0) is 23.7 Å².